The zero-order valence-electron chi connectivity index (χ0n) is 16.4. The molecule has 0 fully saturated rings. The highest BCUT2D eigenvalue weighted by Gasteiger charge is 2.21. The van der Waals surface area contributed by atoms with E-state index in [9.17, 15) is 9.59 Å². The fourth-order valence-corrected chi connectivity index (χ4v) is 3.82. The van der Waals surface area contributed by atoms with Gasteiger partial charge in [0, 0.05) is 23.9 Å². The normalized spacial score (nSPS) is 16.0. The Morgan fingerprint density at radius 3 is 2.72 bits per heavy atom. The number of hydrogen-bond donors (Lipinski definition) is 2. The first-order valence-electron chi connectivity index (χ1n) is 9.99. The van der Waals surface area contributed by atoms with Crippen LogP contribution < -0.4 is 10.9 Å². The second kappa shape index (κ2) is 8.39. The van der Waals surface area contributed by atoms with E-state index in [1.54, 1.807) is 6.20 Å². The number of amides is 1. The second-order valence-corrected chi connectivity index (χ2v) is 7.53. The van der Waals surface area contributed by atoms with Crippen LogP contribution in [0.5, 0.6) is 0 Å². The van der Waals surface area contributed by atoms with Gasteiger partial charge in [0.25, 0.3) is 11.5 Å². The van der Waals surface area contributed by atoms with Gasteiger partial charge in [-0.05, 0) is 50.2 Å². The maximum absolute atomic E-state index is 12.6. The fraction of sp³-hybridized carbons (Fsp3) is 0.304. The van der Waals surface area contributed by atoms with Gasteiger partial charge in [-0.2, -0.15) is 0 Å². The molecule has 4 rings (SSSR count). The first kappa shape index (κ1) is 19.1. The number of hydrogen-bond acceptors (Lipinski definition) is 4. The summed E-state index contributed by atoms with van der Waals surface area (Å²) in [7, 11) is 0. The van der Waals surface area contributed by atoms with Crippen molar-refractivity contribution in [2.45, 2.75) is 32.6 Å². The van der Waals surface area contributed by atoms with Crippen LogP contribution in [0.3, 0.4) is 0 Å². The number of H-pyrrole nitrogens is 1. The van der Waals surface area contributed by atoms with Crippen molar-refractivity contribution < 1.29 is 4.79 Å². The lowest BCUT2D eigenvalue weighted by molar-refractivity contribution is 0.0940. The molecule has 6 heteroatoms. The lowest BCUT2D eigenvalue weighted by Gasteiger charge is -2.15. The first-order chi connectivity index (χ1) is 14.1. The van der Waals surface area contributed by atoms with E-state index >= 15 is 0 Å². The van der Waals surface area contributed by atoms with Crippen molar-refractivity contribution in [1.82, 2.24) is 20.3 Å². The maximum atomic E-state index is 12.6. The molecule has 1 amide bonds. The molecule has 1 unspecified atom stereocenters. The van der Waals surface area contributed by atoms with Crippen molar-refractivity contribution in [2.75, 3.05) is 6.54 Å². The van der Waals surface area contributed by atoms with Crippen molar-refractivity contribution in [3.8, 4) is 11.4 Å². The number of aromatic nitrogens is 3. The van der Waals surface area contributed by atoms with Crippen molar-refractivity contribution >= 4 is 5.91 Å². The van der Waals surface area contributed by atoms with Gasteiger partial charge in [0.2, 0.25) is 0 Å². The van der Waals surface area contributed by atoms with E-state index in [0.29, 0.717) is 30.4 Å². The number of pyridine rings is 1. The molecule has 2 N–H and O–H groups in total. The molecule has 2 heterocycles. The molecule has 0 saturated heterocycles. The maximum Gasteiger partial charge on any atom is 0.270 e. The Kier molecular flexibility index (Phi) is 5.51. The van der Waals surface area contributed by atoms with Gasteiger partial charge >= 0.3 is 0 Å². The number of nitrogens with one attached hydrogen (secondary N) is 2. The predicted molar refractivity (Wildman–Crippen MR) is 112 cm³/mol. The van der Waals surface area contributed by atoms with Crippen molar-refractivity contribution in [1.29, 1.82) is 0 Å². The molecule has 0 bridgehead atoms. The van der Waals surface area contributed by atoms with Crippen LogP contribution in [0.1, 0.15) is 40.2 Å². The lowest BCUT2D eigenvalue weighted by atomic mass is 9.99. The number of fused-ring (bicyclic) bond motifs is 1. The molecule has 29 heavy (non-hydrogen) atoms. The highest BCUT2D eigenvalue weighted by atomic mass is 16.2. The van der Waals surface area contributed by atoms with Crippen LogP contribution in [0.25, 0.3) is 11.4 Å². The largest absolute Gasteiger partial charge is 0.350 e. The Balaban J connectivity index is 1.44. The molecule has 148 valence electrons. The summed E-state index contributed by atoms with van der Waals surface area (Å²) in [5, 5.41) is 3.01. The van der Waals surface area contributed by atoms with Crippen molar-refractivity contribution in [2.24, 2.45) is 5.92 Å². The standard InChI is InChI=1S/C23H24N4O2/c1-15-6-5-13-24-20(15)23(29)25-14-16-9-11-18-19(12-10-16)26-21(27-22(18)28)17-7-3-2-4-8-17/h2-8,13,16H,9-12,14H2,1H3,(H,25,29)(H,26,27,28). The predicted octanol–water partition coefficient (Wildman–Crippen LogP) is 3.07. The van der Waals surface area contributed by atoms with E-state index in [1.807, 2.05) is 49.4 Å². The number of carbonyl (C=O) groups is 1. The monoisotopic (exact) mass is 388 g/mol. The minimum Gasteiger partial charge on any atom is -0.350 e. The number of aromatic amines is 1. The van der Waals surface area contributed by atoms with Gasteiger partial charge in [0.15, 0.2) is 0 Å². The molecule has 0 saturated carbocycles. The molecule has 0 radical (unpaired) electrons. The summed E-state index contributed by atoms with van der Waals surface area (Å²) in [4.78, 5) is 36.9. The number of carbonyl (C=O) groups excluding carboxylic acids is 1. The van der Waals surface area contributed by atoms with Crippen molar-refractivity contribution in [3.05, 3.63) is 81.5 Å². The average molecular weight is 388 g/mol. The first-order valence-corrected chi connectivity index (χ1v) is 9.99. The minimum absolute atomic E-state index is 0.0531. The molecule has 1 aliphatic carbocycles. The number of nitrogens with zero attached hydrogens (tertiary/aromatic N) is 2. The summed E-state index contributed by atoms with van der Waals surface area (Å²) >= 11 is 0. The van der Waals surface area contributed by atoms with E-state index in [-0.39, 0.29) is 11.5 Å². The number of aryl methyl sites for hydroxylation is 2. The topological polar surface area (TPSA) is 87.7 Å². The Hall–Kier alpha value is -3.28. The van der Waals surface area contributed by atoms with E-state index in [4.69, 9.17) is 4.98 Å². The smallest absolute Gasteiger partial charge is 0.270 e. The van der Waals surface area contributed by atoms with Crippen LogP contribution in [-0.4, -0.2) is 27.4 Å². The molecule has 1 aliphatic rings. The van der Waals surface area contributed by atoms with E-state index in [1.165, 1.54) is 0 Å². The van der Waals surface area contributed by atoms with Crippen molar-refractivity contribution in [3.63, 3.8) is 0 Å². The van der Waals surface area contributed by atoms with Gasteiger partial charge < -0.3 is 10.3 Å². The molecule has 0 aliphatic heterocycles. The third-order valence-corrected chi connectivity index (χ3v) is 5.52. The number of benzene rings is 1. The molecule has 1 aromatic carbocycles. The van der Waals surface area contributed by atoms with Gasteiger partial charge in [-0.15, -0.1) is 0 Å². The van der Waals surface area contributed by atoms with Crippen LogP contribution >= 0.6 is 0 Å². The van der Waals surface area contributed by atoms with Gasteiger partial charge in [0.1, 0.15) is 11.5 Å². The van der Waals surface area contributed by atoms with Crippen LogP contribution in [0.2, 0.25) is 0 Å². The molecule has 3 aromatic rings. The fourth-order valence-electron chi connectivity index (χ4n) is 3.82. The zero-order valence-corrected chi connectivity index (χ0v) is 16.4. The highest BCUT2D eigenvalue weighted by molar-refractivity contribution is 5.93. The Morgan fingerprint density at radius 2 is 1.93 bits per heavy atom. The lowest BCUT2D eigenvalue weighted by Crippen LogP contribution is -2.30. The molecule has 6 nitrogen and oxygen atoms in total. The zero-order chi connectivity index (χ0) is 20.2. The highest BCUT2D eigenvalue weighted by Crippen LogP contribution is 2.23. The van der Waals surface area contributed by atoms with E-state index in [0.717, 1.165) is 41.6 Å². The Morgan fingerprint density at radius 1 is 1.14 bits per heavy atom. The third kappa shape index (κ3) is 4.26. The quantitative estimate of drug-likeness (QED) is 0.673. The SMILES string of the molecule is Cc1cccnc1C(=O)NCC1CCc2nc(-c3ccccc3)[nH]c(=O)c2CC1. The van der Waals surface area contributed by atoms with Gasteiger partial charge in [-0.1, -0.05) is 36.4 Å². The molecule has 0 spiro atoms. The number of rotatable bonds is 4. The summed E-state index contributed by atoms with van der Waals surface area (Å²) in [6.07, 6.45) is 4.79. The summed E-state index contributed by atoms with van der Waals surface area (Å²) in [5.41, 5.74) is 3.84. The Bertz CT molecular complexity index is 1080. The summed E-state index contributed by atoms with van der Waals surface area (Å²) in [5.74, 6) is 0.774. The summed E-state index contributed by atoms with van der Waals surface area (Å²) in [6, 6.07) is 13.4. The van der Waals surface area contributed by atoms with Crippen LogP contribution in [0.15, 0.2) is 53.5 Å². The summed E-state index contributed by atoms with van der Waals surface area (Å²) < 4.78 is 0. The molecule has 2 aromatic heterocycles. The van der Waals surface area contributed by atoms with E-state index in [2.05, 4.69) is 15.3 Å². The minimum atomic E-state index is -0.146. The van der Waals surface area contributed by atoms with Gasteiger partial charge in [-0.25, -0.2) is 4.98 Å². The molecular formula is C23H24N4O2. The van der Waals surface area contributed by atoms with Crippen LogP contribution in [-0.2, 0) is 12.8 Å². The van der Waals surface area contributed by atoms with E-state index < -0.39 is 0 Å². The summed E-state index contributed by atoms with van der Waals surface area (Å²) in [6.45, 7) is 2.46. The van der Waals surface area contributed by atoms with Crippen LogP contribution in [0.4, 0.5) is 0 Å². The van der Waals surface area contributed by atoms with Gasteiger partial charge in [0.05, 0.1) is 5.69 Å². The van der Waals surface area contributed by atoms with Gasteiger partial charge in [-0.3, -0.25) is 14.6 Å². The molecular weight excluding hydrogens is 364 g/mol. The van der Waals surface area contributed by atoms with Crippen LogP contribution in [0, 0.1) is 12.8 Å². The third-order valence-electron chi connectivity index (χ3n) is 5.52. The second-order valence-electron chi connectivity index (χ2n) is 7.53. The average Bonchev–Trinajstić information content (AvgIpc) is 2.96. The molecule has 1 atom stereocenters. The Labute approximate surface area is 169 Å².